The summed E-state index contributed by atoms with van der Waals surface area (Å²) in [4.78, 5) is 8.27. The van der Waals surface area contributed by atoms with Crippen LogP contribution in [0.15, 0.2) is 17.0 Å². The lowest BCUT2D eigenvalue weighted by Crippen LogP contribution is -2.08. The van der Waals surface area contributed by atoms with E-state index in [9.17, 15) is 36.1 Å². The minimum Gasteiger partial charge on any atom is -0.434 e. The molecule has 0 heterocycles. The monoisotopic (exact) mass is 337 g/mol. The Kier molecular flexibility index (Phi) is 4.76. The standard InChI is InChI=1S/C8H4ClF4NO5S/c9-20(17,18)3-1-4(14(15)16)6(7(10)11)5(2-3)19-8(12)13/h1-2,7-8H. The van der Waals surface area contributed by atoms with Gasteiger partial charge in [-0.1, -0.05) is 0 Å². The van der Waals surface area contributed by atoms with Crippen molar-refractivity contribution in [3.63, 3.8) is 0 Å². The Morgan fingerprint density at radius 2 is 1.80 bits per heavy atom. The van der Waals surface area contributed by atoms with Crippen LogP contribution < -0.4 is 4.74 Å². The number of ether oxygens (including phenoxy) is 1. The smallest absolute Gasteiger partial charge is 0.387 e. The van der Waals surface area contributed by atoms with Crippen molar-refractivity contribution in [2.75, 3.05) is 0 Å². The van der Waals surface area contributed by atoms with Crippen molar-refractivity contribution in [1.29, 1.82) is 0 Å². The van der Waals surface area contributed by atoms with Crippen LogP contribution in [0.2, 0.25) is 0 Å². The molecule has 6 nitrogen and oxygen atoms in total. The van der Waals surface area contributed by atoms with Gasteiger partial charge in [0.15, 0.2) is 0 Å². The zero-order chi connectivity index (χ0) is 15.7. The lowest BCUT2D eigenvalue weighted by Gasteiger charge is -2.11. The molecule has 0 aromatic heterocycles. The normalized spacial score (nSPS) is 11.9. The molecule has 0 radical (unpaired) electrons. The Bertz CT molecular complexity index is 636. The summed E-state index contributed by atoms with van der Waals surface area (Å²) < 4.78 is 75.4. The topological polar surface area (TPSA) is 86.5 Å². The van der Waals surface area contributed by atoms with Crippen LogP contribution in [0.4, 0.5) is 23.2 Å². The fourth-order valence-electron chi connectivity index (χ4n) is 1.29. The minimum absolute atomic E-state index is 0.238. The number of nitro groups is 1. The highest BCUT2D eigenvalue weighted by Crippen LogP contribution is 2.40. The van der Waals surface area contributed by atoms with Gasteiger partial charge in [-0.15, -0.1) is 0 Å². The third-order valence-electron chi connectivity index (χ3n) is 2.01. The molecule has 0 aliphatic heterocycles. The minimum atomic E-state index is -4.56. The van der Waals surface area contributed by atoms with Gasteiger partial charge in [0, 0.05) is 22.8 Å². The van der Waals surface area contributed by atoms with Crippen LogP contribution in [0.3, 0.4) is 0 Å². The second-order valence-electron chi connectivity index (χ2n) is 3.23. The van der Waals surface area contributed by atoms with Crippen LogP contribution >= 0.6 is 10.7 Å². The van der Waals surface area contributed by atoms with Gasteiger partial charge in [0.25, 0.3) is 21.2 Å². The van der Waals surface area contributed by atoms with Crippen molar-refractivity contribution in [2.45, 2.75) is 17.9 Å². The highest BCUT2D eigenvalue weighted by atomic mass is 35.7. The maximum atomic E-state index is 12.7. The van der Waals surface area contributed by atoms with Crippen LogP contribution in [0.1, 0.15) is 12.0 Å². The lowest BCUT2D eigenvalue weighted by molar-refractivity contribution is -0.386. The molecule has 0 bridgehead atoms. The van der Waals surface area contributed by atoms with E-state index in [1.165, 1.54) is 0 Å². The molecular formula is C8H4ClF4NO5S. The molecule has 1 rings (SSSR count). The largest absolute Gasteiger partial charge is 0.434 e. The number of hydrogen-bond donors (Lipinski definition) is 0. The molecule has 0 N–H and O–H groups in total. The third kappa shape index (κ3) is 3.70. The molecule has 0 saturated carbocycles. The van der Waals surface area contributed by atoms with Crippen molar-refractivity contribution < 1.29 is 35.6 Å². The highest BCUT2D eigenvalue weighted by molar-refractivity contribution is 8.13. The van der Waals surface area contributed by atoms with Gasteiger partial charge in [-0.3, -0.25) is 10.1 Å². The Hall–Kier alpha value is -1.62. The predicted octanol–water partition coefficient (Wildman–Crippen LogP) is 3.06. The number of alkyl halides is 4. The molecule has 0 atom stereocenters. The first-order valence-electron chi connectivity index (χ1n) is 4.54. The summed E-state index contributed by atoms with van der Waals surface area (Å²) >= 11 is 0. The van der Waals surface area contributed by atoms with Gasteiger partial charge in [-0.05, 0) is 0 Å². The van der Waals surface area contributed by atoms with E-state index in [1.54, 1.807) is 0 Å². The first-order chi connectivity index (χ1) is 9.04. The number of hydrogen-bond acceptors (Lipinski definition) is 5. The summed E-state index contributed by atoms with van der Waals surface area (Å²) in [5, 5.41) is 10.6. The lowest BCUT2D eigenvalue weighted by atomic mass is 10.1. The molecule has 1 aromatic rings. The Morgan fingerprint density at radius 3 is 2.15 bits per heavy atom. The van der Waals surface area contributed by atoms with Crippen molar-refractivity contribution in [3.8, 4) is 5.75 Å². The number of benzene rings is 1. The fraction of sp³-hybridized carbons (Fsp3) is 0.250. The molecule has 0 aliphatic rings. The number of halogens is 5. The zero-order valence-corrected chi connectivity index (χ0v) is 10.7. The van der Waals surface area contributed by atoms with Crippen molar-refractivity contribution in [1.82, 2.24) is 0 Å². The summed E-state index contributed by atoms with van der Waals surface area (Å²) in [7, 11) is 0.333. The molecule has 1 aromatic carbocycles. The Labute approximate surface area is 113 Å². The van der Waals surface area contributed by atoms with E-state index in [4.69, 9.17) is 10.7 Å². The van der Waals surface area contributed by atoms with Gasteiger partial charge in [0.1, 0.15) is 11.3 Å². The van der Waals surface area contributed by atoms with Crippen molar-refractivity contribution in [3.05, 3.63) is 27.8 Å². The van der Waals surface area contributed by atoms with E-state index < -0.39 is 48.9 Å². The van der Waals surface area contributed by atoms with Crippen molar-refractivity contribution >= 4 is 25.4 Å². The van der Waals surface area contributed by atoms with Gasteiger partial charge in [-0.25, -0.2) is 17.2 Å². The molecule has 0 aliphatic carbocycles. The average molecular weight is 338 g/mol. The third-order valence-corrected chi connectivity index (χ3v) is 3.34. The highest BCUT2D eigenvalue weighted by Gasteiger charge is 2.31. The second-order valence-corrected chi connectivity index (χ2v) is 5.79. The predicted molar refractivity (Wildman–Crippen MR) is 57.7 cm³/mol. The molecule has 0 fully saturated rings. The summed E-state index contributed by atoms with van der Waals surface area (Å²) in [6.45, 7) is -3.58. The molecular weight excluding hydrogens is 334 g/mol. The molecule has 0 unspecified atom stereocenters. The number of nitrogens with zero attached hydrogens (tertiary/aromatic N) is 1. The summed E-state index contributed by atoms with van der Waals surface area (Å²) in [6, 6.07) is 0.505. The van der Waals surface area contributed by atoms with Crippen LogP contribution in [0, 0.1) is 10.1 Å². The van der Waals surface area contributed by atoms with Gasteiger partial charge in [0.2, 0.25) is 0 Å². The van der Waals surface area contributed by atoms with Gasteiger partial charge < -0.3 is 4.74 Å². The SMILES string of the molecule is O=[N+]([O-])c1cc(S(=O)(=O)Cl)cc(OC(F)F)c1C(F)F. The molecule has 0 amide bonds. The number of rotatable bonds is 5. The fourth-order valence-corrected chi connectivity index (χ4v) is 2.06. The molecule has 0 spiro atoms. The summed E-state index contributed by atoms with van der Waals surface area (Å²) in [5.74, 6) is -1.33. The molecule has 20 heavy (non-hydrogen) atoms. The van der Waals surface area contributed by atoms with E-state index in [-0.39, 0.29) is 12.1 Å². The average Bonchev–Trinajstić information content (AvgIpc) is 2.25. The Morgan fingerprint density at radius 1 is 1.25 bits per heavy atom. The molecule has 12 heteroatoms. The number of nitro benzene ring substituents is 1. The van der Waals surface area contributed by atoms with Gasteiger partial charge in [-0.2, -0.15) is 8.78 Å². The van der Waals surface area contributed by atoms with Crippen LogP contribution in [0.25, 0.3) is 0 Å². The van der Waals surface area contributed by atoms with Crippen molar-refractivity contribution in [2.24, 2.45) is 0 Å². The van der Waals surface area contributed by atoms with Crippen LogP contribution in [-0.2, 0) is 9.05 Å². The zero-order valence-electron chi connectivity index (χ0n) is 9.10. The molecule has 112 valence electrons. The van der Waals surface area contributed by atoms with E-state index in [0.717, 1.165) is 0 Å². The summed E-state index contributed by atoms with van der Waals surface area (Å²) in [6.07, 6.45) is -3.53. The maximum absolute atomic E-state index is 12.7. The van der Waals surface area contributed by atoms with E-state index in [2.05, 4.69) is 4.74 Å². The molecule has 0 saturated heterocycles. The van der Waals surface area contributed by atoms with E-state index >= 15 is 0 Å². The first kappa shape index (κ1) is 16.4. The van der Waals surface area contributed by atoms with E-state index in [0.29, 0.717) is 0 Å². The maximum Gasteiger partial charge on any atom is 0.387 e. The van der Waals surface area contributed by atoms with Gasteiger partial charge in [0.05, 0.1) is 9.82 Å². The summed E-state index contributed by atoms with van der Waals surface area (Å²) in [5.41, 5.74) is -2.85. The van der Waals surface area contributed by atoms with Crippen LogP contribution in [0.5, 0.6) is 5.75 Å². The quantitative estimate of drug-likeness (QED) is 0.357. The first-order valence-corrected chi connectivity index (χ1v) is 6.85. The van der Waals surface area contributed by atoms with Crippen LogP contribution in [-0.4, -0.2) is 20.0 Å². The van der Waals surface area contributed by atoms with E-state index in [1.807, 2.05) is 0 Å². The van der Waals surface area contributed by atoms with Gasteiger partial charge >= 0.3 is 6.61 Å². The second kappa shape index (κ2) is 5.79. The Balaban J connectivity index is 3.68.